The van der Waals surface area contributed by atoms with Crippen LogP contribution in [0.3, 0.4) is 0 Å². The van der Waals surface area contributed by atoms with Crippen LogP contribution >= 0.6 is 15.9 Å². The van der Waals surface area contributed by atoms with Crippen molar-refractivity contribution in [3.8, 4) is 0 Å². The molecule has 6 nitrogen and oxygen atoms in total. The van der Waals surface area contributed by atoms with Gasteiger partial charge in [-0.05, 0) is 46.3 Å². The van der Waals surface area contributed by atoms with Crippen LogP contribution in [0.2, 0.25) is 0 Å². The first-order valence-electron chi connectivity index (χ1n) is 7.53. The third-order valence-corrected chi connectivity index (χ3v) is 6.28. The maximum Gasteiger partial charge on any atom is 0.255 e. The zero-order chi connectivity index (χ0) is 18.0. The van der Waals surface area contributed by atoms with Crippen molar-refractivity contribution in [2.24, 2.45) is 0 Å². The first kappa shape index (κ1) is 18.0. The summed E-state index contributed by atoms with van der Waals surface area (Å²) in [6.45, 7) is 0.942. The Morgan fingerprint density at radius 3 is 2.32 bits per heavy atom. The van der Waals surface area contributed by atoms with Crippen molar-refractivity contribution in [3.63, 3.8) is 0 Å². The molecule has 1 amide bonds. The third kappa shape index (κ3) is 3.88. The van der Waals surface area contributed by atoms with E-state index in [-0.39, 0.29) is 37.0 Å². The molecule has 132 valence electrons. The lowest BCUT2D eigenvalue weighted by Crippen LogP contribution is -2.50. The summed E-state index contributed by atoms with van der Waals surface area (Å²) < 4.78 is 40.1. The van der Waals surface area contributed by atoms with Gasteiger partial charge in [-0.3, -0.25) is 9.78 Å². The number of aromatic nitrogens is 1. The van der Waals surface area contributed by atoms with Crippen LogP contribution in [0.4, 0.5) is 4.39 Å². The molecule has 2 heterocycles. The normalized spacial score (nSPS) is 16.0. The highest BCUT2D eigenvalue weighted by Crippen LogP contribution is 2.19. The van der Waals surface area contributed by atoms with Crippen LogP contribution in [0.15, 0.2) is 52.1 Å². The molecule has 1 aromatic carbocycles. The van der Waals surface area contributed by atoms with Gasteiger partial charge in [-0.1, -0.05) is 0 Å². The summed E-state index contributed by atoms with van der Waals surface area (Å²) in [4.78, 5) is 18.1. The Hall–Kier alpha value is -1.84. The Bertz CT molecular complexity index is 882. The number of rotatable bonds is 3. The highest BCUT2D eigenvalue weighted by molar-refractivity contribution is 9.10. The van der Waals surface area contributed by atoms with E-state index >= 15 is 0 Å². The summed E-state index contributed by atoms with van der Waals surface area (Å²) in [6, 6.07) is 6.40. The van der Waals surface area contributed by atoms with E-state index in [2.05, 4.69) is 20.9 Å². The van der Waals surface area contributed by atoms with Gasteiger partial charge in [-0.25, -0.2) is 12.8 Å². The van der Waals surface area contributed by atoms with Gasteiger partial charge in [0.2, 0.25) is 10.0 Å². The number of hydrogen-bond acceptors (Lipinski definition) is 4. The van der Waals surface area contributed by atoms with Gasteiger partial charge in [-0.2, -0.15) is 4.31 Å². The Labute approximate surface area is 153 Å². The van der Waals surface area contributed by atoms with Crippen molar-refractivity contribution in [3.05, 3.63) is 58.6 Å². The molecule has 1 aliphatic heterocycles. The molecule has 0 atom stereocenters. The minimum Gasteiger partial charge on any atom is -0.336 e. The SMILES string of the molecule is O=C(c1cncc(Br)c1)N1CCN(S(=O)(=O)c2ccc(F)cc2)CC1. The molecule has 9 heteroatoms. The fraction of sp³-hybridized carbons (Fsp3) is 0.250. The minimum absolute atomic E-state index is 0.0462. The summed E-state index contributed by atoms with van der Waals surface area (Å²) in [5.74, 6) is -0.676. The number of halogens is 2. The highest BCUT2D eigenvalue weighted by Gasteiger charge is 2.30. The summed E-state index contributed by atoms with van der Waals surface area (Å²) in [7, 11) is -3.69. The zero-order valence-electron chi connectivity index (χ0n) is 13.1. The molecule has 0 bridgehead atoms. The van der Waals surface area contributed by atoms with Gasteiger partial charge in [-0.15, -0.1) is 0 Å². The van der Waals surface area contributed by atoms with E-state index in [0.717, 1.165) is 12.1 Å². The Balaban J connectivity index is 1.69. The average Bonchev–Trinajstić information content (AvgIpc) is 2.61. The fourth-order valence-corrected chi connectivity index (χ4v) is 4.39. The molecule has 1 saturated heterocycles. The molecule has 0 unspecified atom stereocenters. The van der Waals surface area contributed by atoms with Crippen LogP contribution < -0.4 is 0 Å². The number of benzene rings is 1. The van der Waals surface area contributed by atoms with E-state index in [4.69, 9.17) is 0 Å². The maximum atomic E-state index is 13.0. The first-order chi connectivity index (χ1) is 11.9. The van der Waals surface area contributed by atoms with E-state index in [1.807, 2.05) is 0 Å². The second-order valence-corrected chi connectivity index (χ2v) is 8.40. The van der Waals surface area contributed by atoms with Gasteiger partial charge in [0.1, 0.15) is 5.82 Å². The van der Waals surface area contributed by atoms with Gasteiger partial charge in [0.25, 0.3) is 5.91 Å². The lowest BCUT2D eigenvalue weighted by molar-refractivity contribution is 0.0697. The number of carbonyl (C=O) groups is 1. The molecule has 0 N–H and O–H groups in total. The van der Waals surface area contributed by atoms with E-state index in [1.54, 1.807) is 17.2 Å². The summed E-state index contributed by atoms with van der Waals surface area (Å²) in [5, 5.41) is 0. The number of hydrogen-bond donors (Lipinski definition) is 0. The first-order valence-corrected chi connectivity index (χ1v) is 9.77. The standard InChI is InChI=1S/C16H15BrFN3O3S/c17-13-9-12(10-19-11-13)16(22)20-5-7-21(8-6-20)25(23,24)15-3-1-14(18)2-4-15/h1-4,9-11H,5-8H2. The molecule has 1 aliphatic rings. The van der Waals surface area contributed by atoms with Crippen molar-refractivity contribution >= 4 is 31.9 Å². The van der Waals surface area contributed by atoms with E-state index in [0.29, 0.717) is 10.0 Å². The van der Waals surface area contributed by atoms with Crippen LogP contribution in [0.25, 0.3) is 0 Å². The average molecular weight is 428 g/mol. The second kappa shape index (κ2) is 7.19. The number of carbonyl (C=O) groups excluding carboxylic acids is 1. The van der Waals surface area contributed by atoms with Crippen LogP contribution in [-0.2, 0) is 10.0 Å². The molecule has 0 spiro atoms. The van der Waals surface area contributed by atoms with Crippen molar-refractivity contribution in [2.75, 3.05) is 26.2 Å². The fourth-order valence-electron chi connectivity index (χ4n) is 2.60. The maximum absolute atomic E-state index is 13.0. The zero-order valence-corrected chi connectivity index (χ0v) is 15.5. The summed E-state index contributed by atoms with van der Waals surface area (Å²) >= 11 is 3.27. The number of pyridine rings is 1. The number of nitrogens with zero attached hydrogens (tertiary/aromatic N) is 3. The van der Waals surface area contributed by atoms with Crippen molar-refractivity contribution in [1.29, 1.82) is 0 Å². The molecule has 3 rings (SSSR count). The smallest absolute Gasteiger partial charge is 0.255 e. The number of amides is 1. The third-order valence-electron chi connectivity index (χ3n) is 3.93. The molecule has 1 fully saturated rings. The molecule has 0 radical (unpaired) electrons. The summed E-state index contributed by atoms with van der Waals surface area (Å²) in [6.07, 6.45) is 3.07. The largest absolute Gasteiger partial charge is 0.336 e. The quantitative estimate of drug-likeness (QED) is 0.751. The Morgan fingerprint density at radius 2 is 1.72 bits per heavy atom. The Kier molecular flexibility index (Phi) is 5.16. The van der Waals surface area contributed by atoms with Crippen LogP contribution in [0.1, 0.15) is 10.4 Å². The Morgan fingerprint density at radius 1 is 1.08 bits per heavy atom. The van der Waals surface area contributed by atoms with Gasteiger partial charge in [0, 0.05) is 43.0 Å². The van der Waals surface area contributed by atoms with Gasteiger partial charge in [0.05, 0.1) is 10.5 Å². The lowest BCUT2D eigenvalue weighted by atomic mass is 10.2. The topological polar surface area (TPSA) is 70.6 Å². The number of piperazine rings is 1. The molecule has 0 aliphatic carbocycles. The summed E-state index contributed by atoms with van der Waals surface area (Å²) in [5.41, 5.74) is 0.448. The molecule has 2 aromatic rings. The van der Waals surface area contributed by atoms with E-state index in [9.17, 15) is 17.6 Å². The van der Waals surface area contributed by atoms with Crippen molar-refractivity contribution in [1.82, 2.24) is 14.2 Å². The van der Waals surface area contributed by atoms with Crippen molar-refractivity contribution in [2.45, 2.75) is 4.90 Å². The van der Waals surface area contributed by atoms with Gasteiger partial charge < -0.3 is 4.90 Å². The van der Waals surface area contributed by atoms with Crippen LogP contribution in [0, 0.1) is 5.82 Å². The second-order valence-electron chi connectivity index (χ2n) is 5.54. The minimum atomic E-state index is -3.69. The lowest BCUT2D eigenvalue weighted by Gasteiger charge is -2.34. The highest BCUT2D eigenvalue weighted by atomic mass is 79.9. The van der Waals surface area contributed by atoms with E-state index < -0.39 is 15.8 Å². The molecular formula is C16H15BrFN3O3S. The van der Waals surface area contributed by atoms with Gasteiger partial charge >= 0.3 is 0 Å². The molecular weight excluding hydrogens is 413 g/mol. The van der Waals surface area contributed by atoms with Crippen LogP contribution in [0.5, 0.6) is 0 Å². The molecule has 25 heavy (non-hydrogen) atoms. The predicted molar refractivity (Wildman–Crippen MR) is 93.0 cm³/mol. The van der Waals surface area contributed by atoms with Gasteiger partial charge in [0.15, 0.2) is 0 Å². The van der Waals surface area contributed by atoms with Crippen LogP contribution in [-0.4, -0.2) is 54.7 Å². The molecule has 0 saturated carbocycles. The van der Waals surface area contributed by atoms with E-state index in [1.165, 1.54) is 22.6 Å². The van der Waals surface area contributed by atoms with Crippen molar-refractivity contribution < 1.29 is 17.6 Å². The number of sulfonamides is 1. The predicted octanol–water partition coefficient (Wildman–Crippen LogP) is 2.13. The molecule has 1 aromatic heterocycles. The monoisotopic (exact) mass is 427 g/mol.